The highest BCUT2D eigenvalue weighted by atomic mass is 16.2. The van der Waals surface area contributed by atoms with Crippen LogP contribution in [0.25, 0.3) is 0 Å². The molecule has 2 fully saturated rings. The summed E-state index contributed by atoms with van der Waals surface area (Å²) in [6.07, 6.45) is 2.45. The van der Waals surface area contributed by atoms with Gasteiger partial charge in [-0.05, 0) is 38.4 Å². The molecule has 2 saturated heterocycles. The fraction of sp³-hybridized carbons (Fsp3) is 0.579. The molecule has 2 aliphatic rings. The molecule has 0 radical (unpaired) electrons. The Labute approximate surface area is 149 Å². The van der Waals surface area contributed by atoms with Crippen molar-refractivity contribution < 1.29 is 9.59 Å². The Kier molecular flexibility index (Phi) is 5.58. The normalized spacial score (nSPS) is 19.4. The summed E-state index contributed by atoms with van der Waals surface area (Å²) in [5, 5.41) is 5.92. The van der Waals surface area contributed by atoms with Gasteiger partial charge in [0, 0.05) is 26.6 Å². The monoisotopic (exact) mass is 344 g/mol. The van der Waals surface area contributed by atoms with Crippen molar-refractivity contribution in [2.24, 2.45) is 0 Å². The minimum atomic E-state index is -0.0436. The number of amides is 3. The van der Waals surface area contributed by atoms with E-state index in [0.717, 1.165) is 13.1 Å². The topological polar surface area (TPSA) is 64.7 Å². The molecule has 0 saturated carbocycles. The summed E-state index contributed by atoms with van der Waals surface area (Å²) >= 11 is 0. The molecule has 136 valence electrons. The van der Waals surface area contributed by atoms with E-state index in [1.807, 2.05) is 0 Å². The van der Waals surface area contributed by atoms with Crippen LogP contribution < -0.4 is 10.6 Å². The second-order valence-corrected chi connectivity index (χ2v) is 7.16. The second-order valence-electron chi connectivity index (χ2n) is 7.16. The first-order chi connectivity index (χ1) is 12.0. The summed E-state index contributed by atoms with van der Waals surface area (Å²) in [7, 11) is 0. The quantitative estimate of drug-likeness (QED) is 0.854. The standard InChI is InChI=1S/C19H28N4O2/c1-14-5-7-16(8-6-14)18(22-9-3-4-10-22)11-20-19(25)23-12-17(13-23)21-15(2)24/h5-8,17-18H,3-4,9-13H2,1-2H3,(H,20,25)(H,21,24). The van der Waals surface area contributed by atoms with E-state index in [-0.39, 0.29) is 24.0 Å². The number of hydrogen-bond acceptors (Lipinski definition) is 3. The molecule has 0 spiro atoms. The zero-order valence-corrected chi connectivity index (χ0v) is 15.1. The van der Waals surface area contributed by atoms with Gasteiger partial charge in [-0.15, -0.1) is 0 Å². The van der Waals surface area contributed by atoms with Crippen molar-refractivity contribution in [1.29, 1.82) is 0 Å². The van der Waals surface area contributed by atoms with Gasteiger partial charge in [0.2, 0.25) is 5.91 Å². The third-order valence-corrected chi connectivity index (χ3v) is 5.07. The van der Waals surface area contributed by atoms with E-state index in [0.29, 0.717) is 19.6 Å². The average Bonchev–Trinajstić information content (AvgIpc) is 3.06. The maximum Gasteiger partial charge on any atom is 0.317 e. The lowest BCUT2D eigenvalue weighted by Gasteiger charge is -2.39. The molecule has 0 aromatic heterocycles. The summed E-state index contributed by atoms with van der Waals surface area (Å²) in [5.74, 6) is -0.0430. The van der Waals surface area contributed by atoms with E-state index < -0.39 is 0 Å². The lowest BCUT2D eigenvalue weighted by atomic mass is 10.0. The molecule has 1 unspecified atom stereocenters. The van der Waals surface area contributed by atoms with Crippen molar-refractivity contribution in [3.63, 3.8) is 0 Å². The van der Waals surface area contributed by atoms with Gasteiger partial charge in [0.05, 0.1) is 12.1 Å². The molecule has 1 aromatic carbocycles. The Morgan fingerprint density at radius 3 is 2.40 bits per heavy atom. The van der Waals surface area contributed by atoms with E-state index in [4.69, 9.17) is 0 Å². The van der Waals surface area contributed by atoms with E-state index in [1.54, 1.807) is 4.90 Å². The smallest absolute Gasteiger partial charge is 0.317 e. The number of nitrogens with one attached hydrogen (secondary N) is 2. The van der Waals surface area contributed by atoms with E-state index in [2.05, 4.69) is 46.7 Å². The Balaban J connectivity index is 1.55. The van der Waals surface area contributed by atoms with E-state index in [9.17, 15) is 9.59 Å². The summed E-state index contributed by atoms with van der Waals surface area (Å²) in [6.45, 7) is 7.56. The number of nitrogens with zero attached hydrogens (tertiary/aromatic N) is 2. The van der Waals surface area contributed by atoms with Crippen LogP contribution in [0.1, 0.15) is 36.9 Å². The van der Waals surface area contributed by atoms with Crippen molar-refractivity contribution in [1.82, 2.24) is 20.4 Å². The Hall–Kier alpha value is -2.08. The zero-order chi connectivity index (χ0) is 17.8. The van der Waals surface area contributed by atoms with Crippen molar-refractivity contribution in [3.8, 4) is 0 Å². The molecule has 6 nitrogen and oxygen atoms in total. The average molecular weight is 344 g/mol. The van der Waals surface area contributed by atoms with Crippen molar-refractivity contribution in [2.45, 2.75) is 38.8 Å². The molecule has 2 aliphatic heterocycles. The molecule has 3 rings (SSSR count). The van der Waals surface area contributed by atoms with Crippen LogP contribution in [0.2, 0.25) is 0 Å². The Bertz CT molecular complexity index is 604. The number of carbonyl (C=O) groups is 2. The van der Waals surface area contributed by atoms with Crippen LogP contribution in [-0.2, 0) is 4.79 Å². The number of urea groups is 1. The molecule has 1 atom stereocenters. The number of hydrogen-bond donors (Lipinski definition) is 2. The highest BCUT2D eigenvalue weighted by Gasteiger charge is 2.32. The van der Waals surface area contributed by atoms with Gasteiger partial charge in [-0.25, -0.2) is 4.79 Å². The number of carbonyl (C=O) groups excluding carboxylic acids is 2. The van der Waals surface area contributed by atoms with Gasteiger partial charge in [0.1, 0.15) is 0 Å². The van der Waals surface area contributed by atoms with Crippen molar-refractivity contribution >= 4 is 11.9 Å². The van der Waals surface area contributed by atoms with Crippen LogP contribution >= 0.6 is 0 Å². The Morgan fingerprint density at radius 2 is 1.80 bits per heavy atom. The second kappa shape index (κ2) is 7.87. The fourth-order valence-electron chi connectivity index (χ4n) is 3.62. The van der Waals surface area contributed by atoms with Crippen LogP contribution in [0.5, 0.6) is 0 Å². The first-order valence-corrected chi connectivity index (χ1v) is 9.13. The number of aryl methyl sites for hydroxylation is 1. The van der Waals surface area contributed by atoms with Crippen molar-refractivity contribution in [2.75, 3.05) is 32.7 Å². The number of benzene rings is 1. The molecule has 0 bridgehead atoms. The lowest BCUT2D eigenvalue weighted by Crippen LogP contribution is -2.63. The van der Waals surface area contributed by atoms with Crippen molar-refractivity contribution in [3.05, 3.63) is 35.4 Å². The summed E-state index contributed by atoms with van der Waals surface area (Å²) in [5.41, 5.74) is 2.50. The zero-order valence-electron chi connectivity index (χ0n) is 15.1. The minimum Gasteiger partial charge on any atom is -0.350 e. The third-order valence-electron chi connectivity index (χ3n) is 5.07. The largest absolute Gasteiger partial charge is 0.350 e. The van der Waals surface area contributed by atoms with Gasteiger partial charge in [0.25, 0.3) is 0 Å². The summed E-state index contributed by atoms with van der Waals surface area (Å²) in [4.78, 5) is 27.6. The summed E-state index contributed by atoms with van der Waals surface area (Å²) < 4.78 is 0. The summed E-state index contributed by atoms with van der Waals surface area (Å²) in [6, 6.07) is 8.87. The van der Waals surface area contributed by atoms with Crippen LogP contribution in [0.15, 0.2) is 24.3 Å². The minimum absolute atomic E-state index is 0.0430. The molecular formula is C19H28N4O2. The molecule has 3 amide bonds. The number of likely N-dealkylation sites (tertiary alicyclic amines) is 2. The number of rotatable bonds is 5. The highest BCUT2D eigenvalue weighted by molar-refractivity contribution is 5.77. The van der Waals surface area contributed by atoms with E-state index in [1.165, 1.54) is 30.9 Å². The third kappa shape index (κ3) is 4.51. The molecular weight excluding hydrogens is 316 g/mol. The maximum atomic E-state index is 12.3. The molecule has 2 heterocycles. The highest BCUT2D eigenvalue weighted by Crippen LogP contribution is 2.25. The Morgan fingerprint density at radius 1 is 1.16 bits per heavy atom. The van der Waals surface area contributed by atoms with Gasteiger partial charge in [-0.3, -0.25) is 9.69 Å². The predicted octanol–water partition coefficient (Wildman–Crippen LogP) is 1.66. The molecule has 0 aliphatic carbocycles. The molecule has 6 heteroatoms. The lowest BCUT2D eigenvalue weighted by molar-refractivity contribution is -0.120. The van der Waals surface area contributed by atoms with Gasteiger partial charge >= 0.3 is 6.03 Å². The van der Waals surface area contributed by atoms with Crippen LogP contribution in [-0.4, -0.2) is 60.5 Å². The first kappa shape index (κ1) is 17.7. The van der Waals surface area contributed by atoms with Gasteiger partial charge in [-0.1, -0.05) is 29.8 Å². The van der Waals surface area contributed by atoms with Gasteiger partial charge < -0.3 is 15.5 Å². The molecule has 1 aromatic rings. The van der Waals surface area contributed by atoms with Crippen LogP contribution in [0, 0.1) is 6.92 Å². The maximum absolute atomic E-state index is 12.3. The van der Waals surface area contributed by atoms with Crippen LogP contribution in [0.4, 0.5) is 4.79 Å². The van der Waals surface area contributed by atoms with Crippen LogP contribution in [0.3, 0.4) is 0 Å². The molecule has 25 heavy (non-hydrogen) atoms. The van der Waals surface area contributed by atoms with E-state index >= 15 is 0 Å². The molecule has 2 N–H and O–H groups in total. The van der Waals surface area contributed by atoms with Gasteiger partial charge in [0.15, 0.2) is 0 Å². The predicted molar refractivity (Wildman–Crippen MR) is 97.3 cm³/mol. The van der Waals surface area contributed by atoms with Gasteiger partial charge in [-0.2, -0.15) is 0 Å². The SMILES string of the molecule is CC(=O)NC1CN(C(=O)NCC(c2ccc(C)cc2)N2CCCC2)C1. The first-order valence-electron chi connectivity index (χ1n) is 9.13. The fourth-order valence-corrected chi connectivity index (χ4v) is 3.62.